The van der Waals surface area contributed by atoms with Crippen molar-refractivity contribution in [2.24, 2.45) is 10.7 Å². The minimum atomic E-state index is 0.480. The van der Waals surface area contributed by atoms with E-state index in [-0.39, 0.29) is 0 Å². The molecule has 0 aromatic heterocycles. The molecule has 1 atom stereocenters. The van der Waals surface area contributed by atoms with Crippen molar-refractivity contribution in [1.82, 2.24) is 9.80 Å². The highest BCUT2D eigenvalue weighted by molar-refractivity contribution is 5.78. The molecule has 1 aliphatic rings. The van der Waals surface area contributed by atoms with Gasteiger partial charge in [0.1, 0.15) is 0 Å². The predicted molar refractivity (Wildman–Crippen MR) is 74.3 cm³/mol. The van der Waals surface area contributed by atoms with Gasteiger partial charge in [0, 0.05) is 19.1 Å². The van der Waals surface area contributed by atoms with E-state index in [1.807, 2.05) is 0 Å². The van der Waals surface area contributed by atoms with Crippen LogP contribution >= 0.6 is 0 Å². The minimum Gasteiger partial charge on any atom is -0.370 e. The third kappa shape index (κ3) is 4.54. The second kappa shape index (κ2) is 7.54. The highest BCUT2D eigenvalue weighted by atomic mass is 15.3. The zero-order valence-corrected chi connectivity index (χ0v) is 11.7. The molecular formula is C13H28N4. The van der Waals surface area contributed by atoms with Gasteiger partial charge in [0.25, 0.3) is 0 Å². The standard InChI is InChI=1S/C13H28N4/c1-4-16(5-2)12(3)11-15-13(14)17-9-7-6-8-10-17/h12H,4-11H2,1-3H3,(H2,14,15). The summed E-state index contributed by atoms with van der Waals surface area (Å²) >= 11 is 0. The van der Waals surface area contributed by atoms with E-state index in [0.29, 0.717) is 6.04 Å². The van der Waals surface area contributed by atoms with Crippen molar-refractivity contribution >= 4 is 5.96 Å². The molecule has 4 heteroatoms. The molecule has 0 aromatic carbocycles. The average Bonchev–Trinajstić information content (AvgIpc) is 2.38. The lowest BCUT2D eigenvalue weighted by Gasteiger charge is -2.29. The second-order valence-corrected chi connectivity index (χ2v) is 4.82. The van der Waals surface area contributed by atoms with Gasteiger partial charge in [-0.3, -0.25) is 9.89 Å². The molecule has 0 aromatic rings. The Bertz CT molecular complexity index is 230. The van der Waals surface area contributed by atoms with Gasteiger partial charge in [0.2, 0.25) is 0 Å². The first kappa shape index (κ1) is 14.3. The Morgan fingerprint density at radius 3 is 2.35 bits per heavy atom. The van der Waals surface area contributed by atoms with Crippen molar-refractivity contribution in [3.05, 3.63) is 0 Å². The fourth-order valence-electron chi connectivity index (χ4n) is 2.41. The zero-order chi connectivity index (χ0) is 12.7. The van der Waals surface area contributed by atoms with Crippen LogP contribution in [-0.4, -0.2) is 54.5 Å². The number of nitrogens with zero attached hydrogens (tertiary/aromatic N) is 3. The smallest absolute Gasteiger partial charge is 0.191 e. The summed E-state index contributed by atoms with van der Waals surface area (Å²) in [6.45, 7) is 11.7. The third-order valence-electron chi connectivity index (χ3n) is 3.63. The van der Waals surface area contributed by atoms with Crippen LogP contribution < -0.4 is 5.73 Å². The van der Waals surface area contributed by atoms with Crippen molar-refractivity contribution in [2.45, 2.75) is 46.1 Å². The summed E-state index contributed by atoms with van der Waals surface area (Å²) in [6, 6.07) is 0.480. The minimum absolute atomic E-state index is 0.480. The molecule has 4 nitrogen and oxygen atoms in total. The molecule has 2 N–H and O–H groups in total. The van der Waals surface area contributed by atoms with E-state index < -0.39 is 0 Å². The van der Waals surface area contributed by atoms with E-state index in [2.05, 4.69) is 35.6 Å². The summed E-state index contributed by atoms with van der Waals surface area (Å²) < 4.78 is 0. The van der Waals surface area contributed by atoms with Crippen LogP contribution in [0.25, 0.3) is 0 Å². The lowest BCUT2D eigenvalue weighted by atomic mass is 10.1. The maximum absolute atomic E-state index is 6.04. The van der Waals surface area contributed by atoms with Crippen LogP contribution in [0.3, 0.4) is 0 Å². The van der Waals surface area contributed by atoms with Gasteiger partial charge in [0.15, 0.2) is 5.96 Å². The van der Waals surface area contributed by atoms with Crippen LogP contribution in [0.2, 0.25) is 0 Å². The fourth-order valence-corrected chi connectivity index (χ4v) is 2.41. The highest BCUT2D eigenvalue weighted by Gasteiger charge is 2.13. The largest absolute Gasteiger partial charge is 0.370 e. The molecule has 100 valence electrons. The van der Waals surface area contributed by atoms with Crippen molar-refractivity contribution in [3.8, 4) is 0 Å². The van der Waals surface area contributed by atoms with E-state index in [1.54, 1.807) is 0 Å². The molecule has 1 aliphatic heterocycles. The summed E-state index contributed by atoms with van der Waals surface area (Å²) in [5.74, 6) is 0.740. The SMILES string of the molecule is CCN(CC)C(C)CN=C(N)N1CCCCC1. The maximum Gasteiger partial charge on any atom is 0.191 e. The summed E-state index contributed by atoms with van der Waals surface area (Å²) in [5.41, 5.74) is 6.04. The molecule has 1 heterocycles. The lowest BCUT2D eigenvalue weighted by Crippen LogP contribution is -2.42. The van der Waals surface area contributed by atoms with Crippen LogP contribution in [0, 0.1) is 0 Å². The van der Waals surface area contributed by atoms with Crippen LogP contribution in [0.5, 0.6) is 0 Å². The molecule has 0 spiro atoms. The Morgan fingerprint density at radius 1 is 1.24 bits per heavy atom. The monoisotopic (exact) mass is 240 g/mol. The van der Waals surface area contributed by atoms with Gasteiger partial charge in [-0.25, -0.2) is 0 Å². The van der Waals surface area contributed by atoms with E-state index >= 15 is 0 Å². The quantitative estimate of drug-likeness (QED) is 0.585. The summed E-state index contributed by atoms with van der Waals surface area (Å²) in [5, 5.41) is 0. The van der Waals surface area contributed by atoms with Crippen molar-refractivity contribution in [3.63, 3.8) is 0 Å². The van der Waals surface area contributed by atoms with Gasteiger partial charge >= 0.3 is 0 Å². The Morgan fingerprint density at radius 2 is 1.82 bits per heavy atom. The zero-order valence-electron chi connectivity index (χ0n) is 11.7. The first-order valence-electron chi connectivity index (χ1n) is 6.98. The topological polar surface area (TPSA) is 44.9 Å². The molecule has 1 rings (SSSR count). The first-order chi connectivity index (χ1) is 8.19. The molecule has 1 unspecified atom stereocenters. The fraction of sp³-hybridized carbons (Fsp3) is 0.923. The Balaban J connectivity index is 2.40. The van der Waals surface area contributed by atoms with Crippen LogP contribution in [0.15, 0.2) is 4.99 Å². The molecule has 0 saturated carbocycles. The first-order valence-corrected chi connectivity index (χ1v) is 6.98. The number of aliphatic imine (C=N–C) groups is 1. The van der Waals surface area contributed by atoms with E-state index in [1.165, 1.54) is 19.3 Å². The molecule has 17 heavy (non-hydrogen) atoms. The van der Waals surface area contributed by atoms with Gasteiger partial charge in [-0.2, -0.15) is 0 Å². The van der Waals surface area contributed by atoms with Crippen LogP contribution in [-0.2, 0) is 0 Å². The Kier molecular flexibility index (Phi) is 6.34. The number of nitrogens with two attached hydrogens (primary N) is 1. The predicted octanol–water partition coefficient (Wildman–Crippen LogP) is 1.52. The van der Waals surface area contributed by atoms with Gasteiger partial charge < -0.3 is 10.6 Å². The van der Waals surface area contributed by atoms with Gasteiger partial charge in [-0.1, -0.05) is 13.8 Å². The second-order valence-electron chi connectivity index (χ2n) is 4.82. The molecule has 1 saturated heterocycles. The average molecular weight is 240 g/mol. The Hall–Kier alpha value is -0.770. The Labute approximate surface area is 106 Å². The molecule has 0 radical (unpaired) electrons. The highest BCUT2D eigenvalue weighted by Crippen LogP contribution is 2.08. The van der Waals surface area contributed by atoms with Crippen LogP contribution in [0.1, 0.15) is 40.0 Å². The number of likely N-dealkylation sites (tertiary alicyclic amines) is 1. The molecule has 0 amide bonds. The van der Waals surface area contributed by atoms with Crippen molar-refractivity contribution < 1.29 is 0 Å². The van der Waals surface area contributed by atoms with Gasteiger partial charge in [-0.05, 0) is 39.3 Å². The van der Waals surface area contributed by atoms with Crippen LogP contribution in [0.4, 0.5) is 0 Å². The molecule has 1 fully saturated rings. The van der Waals surface area contributed by atoms with Crippen molar-refractivity contribution in [2.75, 3.05) is 32.7 Å². The van der Waals surface area contributed by atoms with Crippen molar-refractivity contribution in [1.29, 1.82) is 0 Å². The molecule has 0 bridgehead atoms. The normalized spacial score (nSPS) is 19.8. The van der Waals surface area contributed by atoms with E-state index in [0.717, 1.165) is 38.7 Å². The number of piperidine rings is 1. The summed E-state index contributed by atoms with van der Waals surface area (Å²) in [6.07, 6.45) is 3.84. The lowest BCUT2D eigenvalue weighted by molar-refractivity contribution is 0.236. The van der Waals surface area contributed by atoms with E-state index in [9.17, 15) is 0 Å². The maximum atomic E-state index is 6.04. The number of guanidine groups is 1. The third-order valence-corrected chi connectivity index (χ3v) is 3.63. The number of rotatable bonds is 5. The number of hydrogen-bond acceptors (Lipinski definition) is 2. The molecular weight excluding hydrogens is 212 g/mol. The summed E-state index contributed by atoms with van der Waals surface area (Å²) in [4.78, 5) is 9.17. The summed E-state index contributed by atoms with van der Waals surface area (Å²) in [7, 11) is 0. The molecule has 0 aliphatic carbocycles. The van der Waals surface area contributed by atoms with Gasteiger partial charge in [-0.15, -0.1) is 0 Å². The number of likely N-dealkylation sites (N-methyl/N-ethyl adjacent to an activating group) is 1. The number of hydrogen-bond donors (Lipinski definition) is 1. The van der Waals surface area contributed by atoms with E-state index in [4.69, 9.17) is 5.73 Å². The van der Waals surface area contributed by atoms with Gasteiger partial charge in [0.05, 0.1) is 6.54 Å².